The van der Waals surface area contributed by atoms with E-state index < -0.39 is 0 Å². The second-order valence-corrected chi connectivity index (χ2v) is 10.3. The van der Waals surface area contributed by atoms with Crippen molar-refractivity contribution in [1.29, 1.82) is 0 Å². The standard InChI is InChI=1S/C24H35N3O4S/c1-2-31-24(30)21-18-9-6-10-19(18)32-23(21)26-20(28)15-27-13-11-17(12-14-27)25-22(29)16-7-4-3-5-8-16/h16-17H,2-15H2,1H3,(H,25,29)(H,26,28). The van der Waals surface area contributed by atoms with Crippen molar-refractivity contribution in [3.8, 4) is 0 Å². The Labute approximate surface area is 194 Å². The SMILES string of the molecule is CCOC(=O)c1c(NC(=O)CN2CCC(NC(=O)C3CCCCC3)CC2)sc2c1CCC2. The number of likely N-dealkylation sites (tertiary alicyclic amines) is 1. The number of ether oxygens (including phenoxy) is 1. The summed E-state index contributed by atoms with van der Waals surface area (Å²) in [6, 6.07) is 0.208. The Balaban J connectivity index is 1.26. The highest BCUT2D eigenvalue weighted by Gasteiger charge is 2.30. The molecule has 0 bridgehead atoms. The first-order chi connectivity index (χ1) is 15.5. The molecule has 0 radical (unpaired) electrons. The molecule has 1 aromatic heterocycles. The van der Waals surface area contributed by atoms with Gasteiger partial charge in [-0.2, -0.15) is 0 Å². The van der Waals surface area contributed by atoms with Gasteiger partial charge in [0.05, 0.1) is 18.7 Å². The number of carbonyl (C=O) groups is 3. The van der Waals surface area contributed by atoms with E-state index in [2.05, 4.69) is 15.5 Å². The predicted molar refractivity (Wildman–Crippen MR) is 125 cm³/mol. The molecule has 2 amide bonds. The van der Waals surface area contributed by atoms with E-state index in [1.165, 1.54) is 22.6 Å². The van der Waals surface area contributed by atoms with E-state index in [-0.39, 0.29) is 29.7 Å². The zero-order chi connectivity index (χ0) is 22.5. The summed E-state index contributed by atoms with van der Waals surface area (Å²) < 4.78 is 5.24. The highest BCUT2D eigenvalue weighted by Crippen LogP contribution is 2.39. The monoisotopic (exact) mass is 461 g/mol. The number of fused-ring (bicyclic) bond motifs is 1. The molecule has 7 nitrogen and oxygen atoms in total. The molecule has 2 aliphatic carbocycles. The molecule has 1 aromatic rings. The quantitative estimate of drug-likeness (QED) is 0.607. The number of rotatable bonds is 7. The maximum absolute atomic E-state index is 12.7. The van der Waals surface area contributed by atoms with Gasteiger partial charge in [-0.3, -0.25) is 14.5 Å². The predicted octanol–water partition coefficient (Wildman–Crippen LogP) is 3.51. The fourth-order valence-electron chi connectivity index (χ4n) is 5.20. The van der Waals surface area contributed by atoms with Crippen LogP contribution in [0, 0.1) is 5.92 Å². The third kappa shape index (κ3) is 5.52. The van der Waals surface area contributed by atoms with Crippen LogP contribution in [0.15, 0.2) is 0 Å². The minimum Gasteiger partial charge on any atom is -0.462 e. The molecule has 2 fully saturated rings. The van der Waals surface area contributed by atoms with E-state index in [1.54, 1.807) is 6.92 Å². The lowest BCUT2D eigenvalue weighted by atomic mass is 9.88. The Kier molecular flexibility index (Phi) is 7.84. The van der Waals surface area contributed by atoms with Gasteiger partial charge in [-0.15, -0.1) is 11.3 Å². The molecule has 4 rings (SSSR count). The number of hydrogen-bond donors (Lipinski definition) is 2. The average Bonchev–Trinajstić information content (AvgIpc) is 3.36. The molecule has 1 saturated heterocycles. The summed E-state index contributed by atoms with van der Waals surface area (Å²) in [5, 5.41) is 6.85. The Bertz CT molecular complexity index is 839. The first kappa shape index (κ1) is 23.2. The lowest BCUT2D eigenvalue weighted by Gasteiger charge is -2.33. The van der Waals surface area contributed by atoms with Gasteiger partial charge in [0, 0.05) is 29.9 Å². The molecule has 0 unspecified atom stereocenters. The molecule has 32 heavy (non-hydrogen) atoms. The lowest BCUT2D eigenvalue weighted by molar-refractivity contribution is -0.127. The summed E-state index contributed by atoms with van der Waals surface area (Å²) in [5.41, 5.74) is 1.61. The summed E-state index contributed by atoms with van der Waals surface area (Å²) in [5.74, 6) is -0.0245. The minimum atomic E-state index is -0.336. The first-order valence-electron chi connectivity index (χ1n) is 12.2. The van der Waals surface area contributed by atoms with Crippen molar-refractivity contribution in [2.24, 2.45) is 5.92 Å². The van der Waals surface area contributed by atoms with Crippen LogP contribution in [0.1, 0.15) is 79.1 Å². The molecular formula is C24H35N3O4S. The summed E-state index contributed by atoms with van der Waals surface area (Å²) in [6.45, 7) is 3.99. The topological polar surface area (TPSA) is 87.7 Å². The van der Waals surface area contributed by atoms with Gasteiger partial charge >= 0.3 is 5.97 Å². The van der Waals surface area contributed by atoms with Gasteiger partial charge in [0.1, 0.15) is 5.00 Å². The summed E-state index contributed by atoms with van der Waals surface area (Å²) >= 11 is 1.52. The summed E-state index contributed by atoms with van der Waals surface area (Å²) in [7, 11) is 0. The maximum atomic E-state index is 12.7. The molecule has 176 valence electrons. The molecule has 1 aliphatic heterocycles. The van der Waals surface area contributed by atoms with Gasteiger partial charge in [-0.05, 0) is 57.4 Å². The minimum absolute atomic E-state index is 0.0971. The third-order valence-electron chi connectivity index (χ3n) is 6.93. The molecule has 0 atom stereocenters. The van der Waals surface area contributed by atoms with Gasteiger partial charge < -0.3 is 15.4 Å². The highest BCUT2D eigenvalue weighted by atomic mass is 32.1. The smallest absolute Gasteiger partial charge is 0.341 e. The van der Waals surface area contributed by atoms with Crippen LogP contribution in [0.2, 0.25) is 0 Å². The van der Waals surface area contributed by atoms with Crippen LogP contribution in [-0.4, -0.2) is 55.0 Å². The maximum Gasteiger partial charge on any atom is 0.341 e. The molecule has 1 saturated carbocycles. The number of thiophene rings is 1. The summed E-state index contributed by atoms with van der Waals surface area (Å²) in [6.07, 6.45) is 10.2. The largest absolute Gasteiger partial charge is 0.462 e. The average molecular weight is 462 g/mol. The lowest BCUT2D eigenvalue weighted by Crippen LogP contribution is -2.48. The van der Waals surface area contributed by atoms with E-state index in [4.69, 9.17) is 4.74 Å². The van der Waals surface area contributed by atoms with Crippen LogP contribution >= 0.6 is 11.3 Å². The number of anilines is 1. The number of hydrogen-bond acceptors (Lipinski definition) is 6. The summed E-state index contributed by atoms with van der Waals surface area (Å²) in [4.78, 5) is 41.0. The van der Waals surface area contributed by atoms with E-state index in [0.717, 1.165) is 76.4 Å². The number of nitrogens with one attached hydrogen (secondary N) is 2. The fourth-order valence-corrected chi connectivity index (χ4v) is 6.49. The zero-order valence-corrected chi connectivity index (χ0v) is 19.9. The number of piperidine rings is 1. The molecule has 8 heteroatoms. The highest BCUT2D eigenvalue weighted by molar-refractivity contribution is 7.17. The van der Waals surface area contributed by atoms with Gasteiger partial charge in [0.15, 0.2) is 0 Å². The number of nitrogens with zero attached hydrogens (tertiary/aromatic N) is 1. The number of esters is 1. The van der Waals surface area contributed by atoms with E-state index in [9.17, 15) is 14.4 Å². The van der Waals surface area contributed by atoms with Crippen molar-refractivity contribution < 1.29 is 19.1 Å². The van der Waals surface area contributed by atoms with E-state index >= 15 is 0 Å². The van der Waals surface area contributed by atoms with E-state index in [0.29, 0.717) is 23.7 Å². The molecule has 3 aliphatic rings. The van der Waals surface area contributed by atoms with Gasteiger partial charge in [0.2, 0.25) is 11.8 Å². The van der Waals surface area contributed by atoms with Crippen molar-refractivity contribution in [3.63, 3.8) is 0 Å². The van der Waals surface area contributed by atoms with Crippen molar-refractivity contribution in [2.45, 2.75) is 77.2 Å². The van der Waals surface area contributed by atoms with Crippen molar-refractivity contribution in [1.82, 2.24) is 10.2 Å². The fraction of sp³-hybridized carbons (Fsp3) is 0.708. The Morgan fingerprint density at radius 3 is 2.50 bits per heavy atom. The molecule has 0 aromatic carbocycles. The Morgan fingerprint density at radius 1 is 1.03 bits per heavy atom. The van der Waals surface area contributed by atoms with Gasteiger partial charge in [-0.1, -0.05) is 19.3 Å². The molecule has 2 N–H and O–H groups in total. The van der Waals surface area contributed by atoms with E-state index in [1.807, 2.05) is 0 Å². The first-order valence-corrected chi connectivity index (χ1v) is 13.0. The van der Waals surface area contributed by atoms with Gasteiger partial charge in [-0.25, -0.2) is 4.79 Å². The van der Waals surface area contributed by atoms with Crippen molar-refractivity contribution >= 4 is 34.1 Å². The normalized spacial score (nSPS) is 20.0. The molecular weight excluding hydrogens is 426 g/mol. The molecule has 0 spiro atoms. The van der Waals surface area contributed by atoms with Crippen LogP contribution in [0.25, 0.3) is 0 Å². The van der Waals surface area contributed by atoms with Gasteiger partial charge in [0.25, 0.3) is 0 Å². The van der Waals surface area contributed by atoms with Crippen molar-refractivity contribution in [2.75, 3.05) is 31.6 Å². The second kappa shape index (κ2) is 10.8. The second-order valence-electron chi connectivity index (χ2n) is 9.22. The van der Waals surface area contributed by atoms with Crippen LogP contribution in [0.3, 0.4) is 0 Å². The Hall–Kier alpha value is -1.93. The molecule has 2 heterocycles. The van der Waals surface area contributed by atoms with Crippen LogP contribution in [0.4, 0.5) is 5.00 Å². The Morgan fingerprint density at radius 2 is 1.78 bits per heavy atom. The van der Waals surface area contributed by atoms with Crippen LogP contribution in [-0.2, 0) is 27.2 Å². The van der Waals surface area contributed by atoms with Crippen LogP contribution < -0.4 is 10.6 Å². The van der Waals surface area contributed by atoms with Crippen molar-refractivity contribution in [3.05, 3.63) is 16.0 Å². The number of aryl methyl sites for hydroxylation is 1. The number of carbonyl (C=O) groups excluding carboxylic acids is 3. The van der Waals surface area contributed by atoms with Crippen LogP contribution in [0.5, 0.6) is 0 Å². The number of amides is 2. The third-order valence-corrected chi connectivity index (χ3v) is 8.14. The zero-order valence-electron chi connectivity index (χ0n) is 19.0.